The highest BCUT2D eigenvalue weighted by Crippen LogP contribution is 2.23. The first-order chi connectivity index (χ1) is 5.09. The van der Waals surface area contributed by atoms with Crippen LogP contribution in [-0.2, 0) is 0 Å². The van der Waals surface area contributed by atoms with Crippen LogP contribution in [0.1, 0.15) is 5.56 Å². The van der Waals surface area contributed by atoms with Gasteiger partial charge in [-0.25, -0.2) is 4.39 Å². The molecule has 1 aromatic rings. The Morgan fingerprint density at radius 1 is 1.36 bits per heavy atom. The summed E-state index contributed by atoms with van der Waals surface area (Å²) in [7, 11) is 0. The predicted molar refractivity (Wildman–Crippen MR) is 52.1 cm³/mol. The summed E-state index contributed by atoms with van der Waals surface area (Å²) in [5.41, 5.74) is 0.747. The van der Waals surface area contributed by atoms with Gasteiger partial charge in [-0.15, -0.1) is 0 Å². The van der Waals surface area contributed by atoms with Crippen molar-refractivity contribution in [2.24, 2.45) is 0 Å². The van der Waals surface area contributed by atoms with Crippen molar-refractivity contribution in [3.8, 4) is 0 Å². The van der Waals surface area contributed by atoms with Crippen molar-refractivity contribution in [1.29, 1.82) is 0 Å². The summed E-state index contributed by atoms with van der Waals surface area (Å²) in [4.78, 5) is 0. The maximum absolute atomic E-state index is 12.7. The van der Waals surface area contributed by atoms with Crippen LogP contribution >= 0.6 is 31.9 Å². The van der Waals surface area contributed by atoms with Crippen LogP contribution in [0.5, 0.6) is 0 Å². The highest BCUT2D eigenvalue weighted by atomic mass is 79.9. The molecule has 3 heteroatoms. The molecule has 0 saturated heterocycles. The Hall–Kier alpha value is -0.150. The lowest BCUT2D eigenvalue weighted by atomic mass is 10.2. The molecule has 0 radical (unpaired) electrons. The van der Waals surface area contributed by atoms with Gasteiger partial charge in [0.15, 0.2) is 0 Å². The molecule has 1 aromatic carbocycles. The monoisotopic (exact) mass is 278 g/mol. The van der Waals surface area contributed by atoms with E-state index >= 15 is 0 Å². The lowest BCUT2D eigenvalue weighted by Crippen LogP contribution is -1.79. The molecule has 0 fully saturated rings. The molecule has 0 spiro atoms. The Morgan fingerprint density at radius 2 is 2.00 bits per heavy atom. The highest BCUT2D eigenvalue weighted by molar-refractivity contribution is 9.15. The lowest BCUT2D eigenvalue weighted by Gasteiger charge is -1.98. The van der Waals surface area contributed by atoms with E-state index < -0.39 is 0 Å². The van der Waals surface area contributed by atoms with Crippen LogP contribution in [-0.4, -0.2) is 0 Å². The van der Waals surface area contributed by atoms with Gasteiger partial charge < -0.3 is 0 Å². The lowest BCUT2D eigenvalue weighted by molar-refractivity contribution is 0.626. The number of rotatable bonds is 1. The molecule has 58 valence electrons. The minimum absolute atomic E-state index is 0.269. The summed E-state index contributed by atoms with van der Waals surface area (Å²) in [5.74, 6) is -0.269. The van der Waals surface area contributed by atoms with Crippen LogP contribution < -0.4 is 0 Å². The maximum atomic E-state index is 12.7. The van der Waals surface area contributed by atoms with Gasteiger partial charge in [0.25, 0.3) is 0 Å². The molecule has 0 bridgehead atoms. The third-order valence-electron chi connectivity index (χ3n) is 1.18. The standard InChI is InChI=1S/C8H5Br2F/c1-5(9)6-2-7(10)4-8(11)3-6/h2-4H,1H2. The minimum Gasteiger partial charge on any atom is -0.207 e. The number of halogens is 3. The molecule has 1 rings (SSSR count). The van der Waals surface area contributed by atoms with Crippen molar-refractivity contribution in [3.63, 3.8) is 0 Å². The molecule has 0 nitrogen and oxygen atoms in total. The second-order valence-electron chi connectivity index (χ2n) is 2.06. The largest absolute Gasteiger partial charge is 0.207 e. The van der Waals surface area contributed by atoms with Gasteiger partial charge in [0, 0.05) is 8.96 Å². The van der Waals surface area contributed by atoms with Gasteiger partial charge in [0.2, 0.25) is 0 Å². The van der Waals surface area contributed by atoms with Crippen molar-refractivity contribution in [2.75, 3.05) is 0 Å². The Labute approximate surface area is 81.4 Å². The van der Waals surface area contributed by atoms with Gasteiger partial charge in [-0.3, -0.25) is 0 Å². The molecule has 0 heterocycles. The smallest absolute Gasteiger partial charge is 0.124 e. The minimum atomic E-state index is -0.269. The van der Waals surface area contributed by atoms with Crippen molar-refractivity contribution in [3.05, 3.63) is 40.6 Å². The highest BCUT2D eigenvalue weighted by Gasteiger charge is 1.99. The maximum Gasteiger partial charge on any atom is 0.124 e. The normalized spacial score (nSPS) is 9.73. The summed E-state index contributed by atoms with van der Waals surface area (Å²) in [6, 6.07) is 4.61. The first-order valence-corrected chi connectivity index (χ1v) is 4.49. The molecule has 0 atom stereocenters. The number of benzene rings is 1. The fraction of sp³-hybridized carbons (Fsp3) is 0. The van der Waals surface area contributed by atoms with Crippen LogP contribution in [0.15, 0.2) is 29.3 Å². The van der Waals surface area contributed by atoms with E-state index in [-0.39, 0.29) is 5.82 Å². The van der Waals surface area contributed by atoms with E-state index in [0.717, 1.165) is 5.56 Å². The third-order valence-corrected chi connectivity index (χ3v) is 2.09. The van der Waals surface area contributed by atoms with Crippen LogP contribution in [0.25, 0.3) is 4.48 Å². The van der Waals surface area contributed by atoms with E-state index in [1.54, 1.807) is 6.07 Å². The molecular formula is C8H5Br2F. The average Bonchev–Trinajstić information content (AvgIpc) is 1.85. The Bertz CT molecular complexity index is 274. The van der Waals surface area contributed by atoms with E-state index in [1.807, 2.05) is 0 Å². The van der Waals surface area contributed by atoms with Gasteiger partial charge in [-0.2, -0.15) is 0 Å². The quantitative estimate of drug-likeness (QED) is 0.730. The van der Waals surface area contributed by atoms with Gasteiger partial charge in [-0.05, 0) is 23.8 Å². The van der Waals surface area contributed by atoms with Gasteiger partial charge >= 0.3 is 0 Å². The van der Waals surface area contributed by atoms with E-state index in [1.165, 1.54) is 12.1 Å². The van der Waals surface area contributed by atoms with Crippen molar-refractivity contribution >= 4 is 36.3 Å². The van der Waals surface area contributed by atoms with Crippen molar-refractivity contribution in [1.82, 2.24) is 0 Å². The van der Waals surface area contributed by atoms with E-state index in [2.05, 4.69) is 38.4 Å². The van der Waals surface area contributed by atoms with Crippen molar-refractivity contribution in [2.45, 2.75) is 0 Å². The molecule has 0 aliphatic rings. The zero-order chi connectivity index (χ0) is 8.43. The van der Waals surface area contributed by atoms with E-state index in [0.29, 0.717) is 8.96 Å². The Balaban J connectivity index is 3.19. The summed E-state index contributed by atoms with van der Waals surface area (Å²) in [6.45, 7) is 3.64. The van der Waals surface area contributed by atoms with Gasteiger partial charge in [0.1, 0.15) is 5.82 Å². The molecule has 0 saturated carbocycles. The van der Waals surface area contributed by atoms with Crippen LogP contribution in [0.4, 0.5) is 4.39 Å². The summed E-state index contributed by atoms with van der Waals surface area (Å²) in [5, 5.41) is 0. The summed E-state index contributed by atoms with van der Waals surface area (Å²) >= 11 is 6.35. The molecule has 11 heavy (non-hydrogen) atoms. The first-order valence-electron chi connectivity index (χ1n) is 2.90. The predicted octanol–water partition coefficient (Wildman–Crippen LogP) is 3.95. The molecule has 0 amide bonds. The molecular weight excluding hydrogens is 275 g/mol. The first kappa shape index (κ1) is 8.94. The molecule has 0 aliphatic heterocycles. The second-order valence-corrected chi connectivity index (χ2v) is 3.94. The van der Waals surface area contributed by atoms with E-state index in [9.17, 15) is 4.39 Å². The average molecular weight is 280 g/mol. The number of hydrogen-bond acceptors (Lipinski definition) is 0. The molecule has 0 N–H and O–H groups in total. The zero-order valence-corrected chi connectivity index (χ0v) is 8.75. The number of hydrogen-bond donors (Lipinski definition) is 0. The van der Waals surface area contributed by atoms with Gasteiger partial charge in [-0.1, -0.05) is 38.4 Å². The van der Waals surface area contributed by atoms with E-state index in [4.69, 9.17) is 0 Å². The van der Waals surface area contributed by atoms with Crippen LogP contribution in [0.2, 0.25) is 0 Å². The fourth-order valence-electron chi connectivity index (χ4n) is 0.710. The Morgan fingerprint density at radius 3 is 2.45 bits per heavy atom. The molecule has 0 aromatic heterocycles. The SMILES string of the molecule is C=C(Br)c1cc(F)cc(Br)c1. The van der Waals surface area contributed by atoms with Crippen molar-refractivity contribution < 1.29 is 4.39 Å². The molecule has 0 unspecified atom stereocenters. The fourth-order valence-corrected chi connectivity index (χ4v) is 1.40. The van der Waals surface area contributed by atoms with Crippen LogP contribution in [0, 0.1) is 5.82 Å². The zero-order valence-electron chi connectivity index (χ0n) is 5.57. The third kappa shape index (κ3) is 2.42. The summed E-state index contributed by atoms with van der Waals surface area (Å²) in [6.07, 6.45) is 0. The summed E-state index contributed by atoms with van der Waals surface area (Å²) < 4.78 is 14.1. The van der Waals surface area contributed by atoms with Gasteiger partial charge in [0.05, 0.1) is 0 Å². The second kappa shape index (κ2) is 3.50. The van der Waals surface area contributed by atoms with Crippen LogP contribution in [0.3, 0.4) is 0 Å². The Kier molecular flexibility index (Phi) is 2.84. The molecule has 0 aliphatic carbocycles. The topological polar surface area (TPSA) is 0 Å².